The second-order valence-electron chi connectivity index (χ2n) is 7.32. The van der Waals surface area contributed by atoms with Gasteiger partial charge in [0.15, 0.2) is 23.0 Å². The summed E-state index contributed by atoms with van der Waals surface area (Å²) in [5.41, 5.74) is 0.00981. The molecule has 2 aromatic carbocycles. The van der Waals surface area contributed by atoms with E-state index in [1.54, 1.807) is 39.0 Å². The van der Waals surface area contributed by atoms with Gasteiger partial charge in [-0.15, -0.1) is 0 Å². The molecule has 3 rings (SSSR count). The van der Waals surface area contributed by atoms with Crippen molar-refractivity contribution in [2.45, 2.75) is 38.8 Å². The number of hydrogen-bond donors (Lipinski definition) is 1. The van der Waals surface area contributed by atoms with Crippen LogP contribution in [0.1, 0.15) is 26.3 Å². The largest absolute Gasteiger partial charge is 0.467 e. The van der Waals surface area contributed by atoms with Crippen LogP contribution >= 0.6 is 0 Å². The molecule has 1 amide bonds. The van der Waals surface area contributed by atoms with E-state index >= 15 is 0 Å². The summed E-state index contributed by atoms with van der Waals surface area (Å²) in [6.07, 6.45) is -0.545. The van der Waals surface area contributed by atoms with E-state index < -0.39 is 23.7 Å². The third kappa shape index (κ3) is 4.54. The molecule has 0 saturated carbocycles. The molecule has 28 heavy (non-hydrogen) atoms. The number of para-hydroxylation sites is 3. The van der Waals surface area contributed by atoms with E-state index in [-0.39, 0.29) is 6.42 Å². The van der Waals surface area contributed by atoms with Gasteiger partial charge in [-0.05, 0) is 39.0 Å². The van der Waals surface area contributed by atoms with E-state index in [0.29, 0.717) is 28.6 Å². The number of alkyl carbamates (subject to hydrolysis) is 1. The summed E-state index contributed by atoms with van der Waals surface area (Å²) in [6, 6.07) is 11.8. The number of fused-ring (bicyclic) bond motifs is 2. The Hall–Kier alpha value is -3.22. The number of nitrogens with one attached hydrogen (secondary N) is 1. The second-order valence-corrected chi connectivity index (χ2v) is 7.32. The van der Waals surface area contributed by atoms with Crippen LogP contribution in [0.15, 0.2) is 42.5 Å². The first-order valence-electron chi connectivity index (χ1n) is 8.91. The lowest BCUT2D eigenvalue weighted by atomic mass is 10.0. The fourth-order valence-corrected chi connectivity index (χ4v) is 2.77. The van der Waals surface area contributed by atoms with Crippen LogP contribution in [0.25, 0.3) is 0 Å². The SMILES string of the molecule is COC(=O)C(Cc1cccc2c1Oc1ccccc1O2)NC(=O)OC(C)(C)C. The Morgan fingerprint density at radius 3 is 2.29 bits per heavy atom. The molecule has 2 aromatic rings. The average Bonchev–Trinajstić information content (AvgIpc) is 2.64. The van der Waals surface area contributed by atoms with E-state index in [4.69, 9.17) is 18.9 Å². The van der Waals surface area contributed by atoms with Crippen molar-refractivity contribution in [3.63, 3.8) is 0 Å². The molecule has 1 N–H and O–H groups in total. The molecule has 0 spiro atoms. The number of ether oxygens (including phenoxy) is 4. The first-order chi connectivity index (χ1) is 13.3. The zero-order valence-corrected chi connectivity index (χ0v) is 16.3. The van der Waals surface area contributed by atoms with Crippen molar-refractivity contribution in [2.75, 3.05) is 7.11 Å². The third-order valence-corrected chi connectivity index (χ3v) is 3.94. The number of carbonyl (C=O) groups excluding carboxylic acids is 2. The highest BCUT2D eigenvalue weighted by Gasteiger charge is 2.28. The molecule has 0 fully saturated rings. The van der Waals surface area contributed by atoms with Crippen molar-refractivity contribution >= 4 is 12.1 Å². The summed E-state index contributed by atoms with van der Waals surface area (Å²) < 4.78 is 21.9. The minimum atomic E-state index is -0.938. The molecule has 1 atom stereocenters. The maximum atomic E-state index is 12.2. The molecule has 0 bridgehead atoms. The molecule has 0 aliphatic carbocycles. The van der Waals surface area contributed by atoms with Crippen LogP contribution < -0.4 is 14.8 Å². The van der Waals surface area contributed by atoms with Gasteiger partial charge in [0.05, 0.1) is 7.11 Å². The number of carbonyl (C=O) groups is 2. The highest BCUT2D eigenvalue weighted by atomic mass is 16.6. The standard InChI is InChI=1S/C21H23NO6/c1-21(2,3)28-20(24)22-14(19(23)25-4)12-13-8-7-11-17-18(13)27-16-10-6-5-9-15(16)26-17/h5-11,14H,12H2,1-4H3,(H,22,24). The normalized spacial score (nSPS) is 13.1. The van der Waals surface area contributed by atoms with Crippen molar-refractivity contribution in [1.82, 2.24) is 5.32 Å². The van der Waals surface area contributed by atoms with Gasteiger partial charge in [-0.1, -0.05) is 24.3 Å². The van der Waals surface area contributed by atoms with Gasteiger partial charge in [-0.3, -0.25) is 0 Å². The second kappa shape index (κ2) is 7.80. The van der Waals surface area contributed by atoms with E-state index in [2.05, 4.69) is 5.32 Å². The Morgan fingerprint density at radius 1 is 1.00 bits per heavy atom. The van der Waals surface area contributed by atoms with Gasteiger partial charge in [0.1, 0.15) is 11.6 Å². The number of methoxy groups -OCH3 is 1. The Labute approximate surface area is 163 Å². The van der Waals surface area contributed by atoms with Crippen LogP contribution in [-0.4, -0.2) is 30.8 Å². The van der Waals surface area contributed by atoms with Gasteiger partial charge in [0, 0.05) is 12.0 Å². The fourth-order valence-electron chi connectivity index (χ4n) is 2.77. The third-order valence-electron chi connectivity index (χ3n) is 3.94. The summed E-state index contributed by atoms with van der Waals surface area (Å²) >= 11 is 0. The lowest BCUT2D eigenvalue weighted by molar-refractivity contribution is -0.143. The summed E-state index contributed by atoms with van der Waals surface area (Å²) in [4.78, 5) is 24.4. The van der Waals surface area contributed by atoms with Gasteiger partial charge in [0.2, 0.25) is 0 Å². The molecule has 7 heteroatoms. The van der Waals surface area contributed by atoms with Crippen molar-refractivity contribution in [2.24, 2.45) is 0 Å². The van der Waals surface area contributed by atoms with Crippen molar-refractivity contribution in [1.29, 1.82) is 0 Å². The minimum absolute atomic E-state index is 0.153. The predicted octanol–water partition coefficient (Wildman–Crippen LogP) is 4.19. The van der Waals surface area contributed by atoms with Crippen LogP contribution in [0, 0.1) is 0 Å². The Morgan fingerprint density at radius 2 is 1.64 bits per heavy atom. The first kappa shape index (κ1) is 19.5. The van der Waals surface area contributed by atoms with Crippen molar-refractivity contribution in [3.05, 3.63) is 48.0 Å². The summed E-state index contributed by atoms with van der Waals surface area (Å²) in [7, 11) is 1.27. The zero-order chi connectivity index (χ0) is 20.3. The molecule has 0 radical (unpaired) electrons. The highest BCUT2D eigenvalue weighted by Crippen LogP contribution is 2.46. The monoisotopic (exact) mass is 385 g/mol. The van der Waals surface area contributed by atoms with Gasteiger partial charge >= 0.3 is 12.1 Å². The zero-order valence-electron chi connectivity index (χ0n) is 16.3. The lowest BCUT2D eigenvalue weighted by Crippen LogP contribution is -2.45. The van der Waals surface area contributed by atoms with E-state index in [1.165, 1.54) is 7.11 Å². The molecule has 0 aromatic heterocycles. The van der Waals surface area contributed by atoms with Crippen molar-refractivity contribution in [3.8, 4) is 23.0 Å². The van der Waals surface area contributed by atoms with Crippen molar-refractivity contribution < 1.29 is 28.5 Å². The number of amides is 1. The number of benzene rings is 2. The Kier molecular flexibility index (Phi) is 5.44. The molecule has 1 heterocycles. The summed E-state index contributed by atoms with van der Waals surface area (Å²) in [6.45, 7) is 5.24. The van der Waals surface area contributed by atoms with E-state index in [1.807, 2.05) is 24.3 Å². The van der Waals surface area contributed by atoms with Gasteiger partial charge in [0.25, 0.3) is 0 Å². The number of esters is 1. The van der Waals surface area contributed by atoms with Crippen LogP contribution in [0.3, 0.4) is 0 Å². The Balaban J connectivity index is 1.83. The molecular formula is C21H23NO6. The van der Waals surface area contributed by atoms with Crippen LogP contribution in [0.5, 0.6) is 23.0 Å². The molecule has 148 valence electrons. The average molecular weight is 385 g/mol. The maximum Gasteiger partial charge on any atom is 0.408 e. The predicted molar refractivity (Wildman–Crippen MR) is 102 cm³/mol. The van der Waals surface area contributed by atoms with Gasteiger partial charge in [-0.25, -0.2) is 9.59 Å². The molecule has 1 unspecified atom stereocenters. The van der Waals surface area contributed by atoms with E-state index in [0.717, 1.165) is 0 Å². The smallest absolute Gasteiger partial charge is 0.408 e. The van der Waals surface area contributed by atoms with E-state index in [9.17, 15) is 9.59 Å². The molecule has 1 aliphatic rings. The highest BCUT2D eigenvalue weighted by molar-refractivity contribution is 5.82. The van der Waals surface area contributed by atoms with Crippen LogP contribution in [0.2, 0.25) is 0 Å². The fraction of sp³-hybridized carbons (Fsp3) is 0.333. The van der Waals surface area contributed by atoms with Crippen LogP contribution in [-0.2, 0) is 20.7 Å². The molecule has 0 saturated heterocycles. The first-order valence-corrected chi connectivity index (χ1v) is 8.91. The van der Waals surface area contributed by atoms with Gasteiger partial charge < -0.3 is 24.3 Å². The molecule has 1 aliphatic heterocycles. The van der Waals surface area contributed by atoms with Gasteiger partial charge in [-0.2, -0.15) is 0 Å². The minimum Gasteiger partial charge on any atom is -0.467 e. The van der Waals surface area contributed by atoms with Crippen LogP contribution in [0.4, 0.5) is 4.79 Å². The number of rotatable bonds is 4. The molecular weight excluding hydrogens is 362 g/mol. The quantitative estimate of drug-likeness (QED) is 0.678. The summed E-state index contributed by atoms with van der Waals surface area (Å²) in [5, 5.41) is 2.57. The maximum absolute atomic E-state index is 12.2. The molecule has 7 nitrogen and oxygen atoms in total. The topological polar surface area (TPSA) is 83.1 Å². The lowest BCUT2D eigenvalue weighted by Gasteiger charge is -2.25. The number of hydrogen-bond acceptors (Lipinski definition) is 6. The summed E-state index contributed by atoms with van der Waals surface area (Å²) in [5.74, 6) is 1.65. The Bertz CT molecular complexity index is 887.